The van der Waals surface area contributed by atoms with Gasteiger partial charge in [0.1, 0.15) is 11.8 Å². The third kappa shape index (κ3) is 5.09. The van der Waals surface area contributed by atoms with Crippen LogP contribution in [-0.4, -0.2) is 87.1 Å². The Bertz CT molecular complexity index is 1150. The maximum absolute atomic E-state index is 14.5. The van der Waals surface area contributed by atoms with Gasteiger partial charge >= 0.3 is 0 Å². The van der Waals surface area contributed by atoms with Gasteiger partial charge in [0.05, 0.1) is 35.8 Å². The first kappa shape index (κ1) is 31.2. The minimum atomic E-state index is -0.763. The van der Waals surface area contributed by atoms with Gasteiger partial charge in [0.2, 0.25) is 17.7 Å². The van der Waals surface area contributed by atoms with Gasteiger partial charge in [-0.05, 0) is 63.8 Å². The van der Waals surface area contributed by atoms with Crippen LogP contribution in [0.2, 0.25) is 0 Å². The number of likely N-dealkylation sites (tertiary alicyclic amines) is 1. The van der Waals surface area contributed by atoms with Crippen molar-refractivity contribution in [2.45, 2.75) is 75.6 Å². The lowest BCUT2D eigenvalue weighted by Gasteiger charge is -2.43. The topological polar surface area (TPSA) is 90.4 Å². The standard InChI is InChI=1S/C32H45N3O5S/c1-8-16-33(20(5)6)31(39)28-32-21(7)18-25(41-32)26(27(32)30(38)35(28)22(10-3)19-36)29(37)34(17-9-2)23-12-14-24(15-13-23)40-11-4/h8-9,12-15,20-22,25-28,36H,1-2,10-11,16-19H2,3-7H3/t21?,22-,25+,26-,27-,28?,32?/m0/s1. The Kier molecular flexibility index (Phi) is 9.59. The quantitative estimate of drug-likeness (QED) is 0.351. The summed E-state index contributed by atoms with van der Waals surface area (Å²) in [6.07, 6.45) is 4.65. The zero-order valence-corrected chi connectivity index (χ0v) is 25.8. The van der Waals surface area contributed by atoms with Gasteiger partial charge in [-0.15, -0.1) is 24.9 Å². The van der Waals surface area contributed by atoms with Gasteiger partial charge < -0.3 is 24.5 Å². The summed E-state index contributed by atoms with van der Waals surface area (Å²) < 4.78 is 4.83. The first-order valence-corrected chi connectivity index (χ1v) is 15.7. The Morgan fingerprint density at radius 3 is 2.37 bits per heavy atom. The summed E-state index contributed by atoms with van der Waals surface area (Å²) in [6, 6.07) is 6.02. The molecule has 3 unspecified atom stereocenters. The van der Waals surface area contributed by atoms with E-state index in [4.69, 9.17) is 4.74 Å². The first-order valence-electron chi connectivity index (χ1n) is 14.8. The second-order valence-corrected chi connectivity index (χ2v) is 13.1. The molecule has 3 aliphatic rings. The lowest BCUT2D eigenvalue weighted by molar-refractivity contribution is -0.146. The van der Waals surface area contributed by atoms with Crippen molar-refractivity contribution in [2.24, 2.45) is 17.8 Å². The molecule has 3 saturated heterocycles. The van der Waals surface area contributed by atoms with Crippen molar-refractivity contribution >= 4 is 35.2 Å². The average molecular weight is 584 g/mol. The van der Waals surface area contributed by atoms with E-state index in [-0.39, 0.29) is 41.5 Å². The van der Waals surface area contributed by atoms with Crippen LogP contribution in [0.25, 0.3) is 0 Å². The second kappa shape index (κ2) is 12.6. The minimum Gasteiger partial charge on any atom is -0.494 e. The number of nitrogens with zero attached hydrogens (tertiary/aromatic N) is 3. The van der Waals surface area contributed by atoms with Crippen LogP contribution in [0.4, 0.5) is 5.69 Å². The molecule has 4 rings (SSSR count). The van der Waals surface area contributed by atoms with Gasteiger partial charge in [-0.1, -0.05) is 26.0 Å². The molecule has 1 N–H and O–H groups in total. The second-order valence-electron chi connectivity index (χ2n) is 11.6. The number of benzene rings is 1. The van der Waals surface area contributed by atoms with Crippen LogP contribution in [0.15, 0.2) is 49.6 Å². The number of ether oxygens (including phenoxy) is 1. The Hall–Kier alpha value is -2.78. The Labute approximate surface area is 248 Å². The minimum absolute atomic E-state index is 0.0433. The number of fused-ring (bicyclic) bond motifs is 1. The van der Waals surface area contributed by atoms with E-state index in [1.54, 1.807) is 38.6 Å². The van der Waals surface area contributed by atoms with Gasteiger partial charge in [-0.2, -0.15) is 0 Å². The summed E-state index contributed by atoms with van der Waals surface area (Å²) >= 11 is 1.65. The van der Waals surface area contributed by atoms with E-state index in [0.29, 0.717) is 31.8 Å². The normalized spacial score (nSPS) is 28.9. The maximum Gasteiger partial charge on any atom is 0.247 e. The molecule has 0 radical (unpaired) electrons. The van der Waals surface area contributed by atoms with E-state index in [0.717, 1.165) is 12.2 Å². The van der Waals surface area contributed by atoms with Crippen molar-refractivity contribution in [3.8, 4) is 5.75 Å². The highest BCUT2D eigenvalue weighted by Crippen LogP contribution is 2.69. The van der Waals surface area contributed by atoms with Gasteiger partial charge in [0.15, 0.2) is 0 Å². The molecule has 1 aromatic carbocycles. The summed E-state index contributed by atoms with van der Waals surface area (Å²) in [5, 5.41) is 10.3. The fourth-order valence-electron chi connectivity index (χ4n) is 7.20. The molecule has 3 amide bonds. The number of hydrogen-bond donors (Lipinski definition) is 1. The van der Waals surface area contributed by atoms with E-state index in [9.17, 15) is 19.5 Å². The van der Waals surface area contributed by atoms with E-state index in [1.165, 1.54) is 0 Å². The molecule has 224 valence electrons. The number of carbonyl (C=O) groups excluding carboxylic acids is 3. The molecule has 3 aliphatic heterocycles. The number of carbonyl (C=O) groups is 3. The number of aliphatic hydroxyl groups excluding tert-OH is 1. The lowest BCUT2D eigenvalue weighted by atomic mass is 9.65. The SMILES string of the molecule is C=CCN(C(=O)[C@@H]1[C@H]2C(=O)N([C@@H](CC)CO)C(C(=O)N(CC=C)C(C)C)C23S[C@@H]1CC3C)c1ccc(OCC)cc1. The molecule has 0 saturated carbocycles. The highest BCUT2D eigenvalue weighted by Gasteiger charge is 2.77. The van der Waals surface area contributed by atoms with Crippen molar-refractivity contribution < 1.29 is 24.2 Å². The fourth-order valence-corrected chi connectivity index (χ4v) is 9.60. The smallest absolute Gasteiger partial charge is 0.247 e. The number of amides is 3. The average Bonchev–Trinajstić information content (AvgIpc) is 3.55. The molecule has 8 nitrogen and oxygen atoms in total. The molecule has 9 heteroatoms. The van der Waals surface area contributed by atoms with Crippen LogP contribution in [0.3, 0.4) is 0 Å². The predicted octanol–water partition coefficient (Wildman–Crippen LogP) is 4.14. The highest BCUT2D eigenvalue weighted by atomic mass is 32.2. The third-order valence-electron chi connectivity index (χ3n) is 9.05. The van der Waals surface area contributed by atoms with Crippen molar-refractivity contribution in [3.63, 3.8) is 0 Å². The fraction of sp³-hybridized carbons (Fsp3) is 0.594. The number of thioether (sulfide) groups is 1. The Morgan fingerprint density at radius 1 is 1.17 bits per heavy atom. The summed E-state index contributed by atoms with van der Waals surface area (Å²) in [5.41, 5.74) is 0.710. The first-order chi connectivity index (χ1) is 19.6. The summed E-state index contributed by atoms with van der Waals surface area (Å²) in [7, 11) is 0. The van der Waals surface area contributed by atoms with Gasteiger partial charge in [0.25, 0.3) is 0 Å². The molecule has 3 fully saturated rings. The number of anilines is 1. The largest absolute Gasteiger partial charge is 0.494 e. The van der Waals surface area contributed by atoms with E-state index in [2.05, 4.69) is 20.1 Å². The molecule has 41 heavy (non-hydrogen) atoms. The third-order valence-corrected chi connectivity index (χ3v) is 11.1. The monoisotopic (exact) mass is 583 g/mol. The van der Waals surface area contributed by atoms with Crippen molar-refractivity contribution in [3.05, 3.63) is 49.6 Å². The predicted molar refractivity (Wildman–Crippen MR) is 164 cm³/mol. The highest BCUT2D eigenvalue weighted by molar-refractivity contribution is 8.02. The molecule has 1 spiro atoms. The number of rotatable bonds is 13. The molecule has 0 aliphatic carbocycles. The van der Waals surface area contributed by atoms with Gasteiger partial charge in [0, 0.05) is 30.1 Å². The molecule has 2 bridgehead atoms. The molecule has 1 aromatic rings. The zero-order valence-electron chi connectivity index (χ0n) is 25.0. The van der Waals surface area contributed by atoms with Crippen molar-refractivity contribution in [1.82, 2.24) is 9.80 Å². The van der Waals surface area contributed by atoms with E-state index in [1.807, 2.05) is 52.0 Å². The molecule has 3 heterocycles. The van der Waals surface area contributed by atoms with Crippen LogP contribution in [-0.2, 0) is 14.4 Å². The van der Waals surface area contributed by atoms with Crippen molar-refractivity contribution in [1.29, 1.82) is 0 Å². The summed E-state index contributed by atoms with van der Waals surface area (Å²) in [6.45, 7) is 18.6. The van der Waals surface area contributed by atoms with Crippen LogP contribution >= 0.6 is 11.8 Å². The van der Waals surface area contributed by atoms with Gasteiger partial charge in [-0.3, -0.25) is 14.4 Å². The zero-order chi connectivity index (χ0) is 30.1. The van der Waals surface area contributed by atoms with Crippen LogP contribution in [0.1, 0.15) is 47.5 Å². The molecule has 0 aromatic heterocycles. The number of aliphatic hydroxyl groups is 1. The van der Waals surface area contributed by atoms with Crippen LogP contribution in [0, 0.1) is 17.8 Å². The maximum atomic E-state index is 14.5. The van der Waals surface area contributed by atoms with Crippen LogP contribution in [0.5, 0.6) is 5.75 Å². The molecule has 7 atom stereocenters. The van der Waals surface area contributed by atoms with Crippen molar-refractivity contribution in [2.75, 3.05) is 31.2 Å². The molecular formula is C32H45N3O5S. The summed E-state index contributed by atoms with van der Waals surface area (Å²) in [5.74, 6) is -0.939. The molecular weight excluding hydrogens is 538 g/mol. The van der Waals surface area contributed by atoms with Crippen LogP contribution < -0.4 is 9.64 Å². The van der Waals surface area contributed by atoms with E-state index < -0.39 is 28.7 Å². The lowest BCUT2D eigenvalue weighted by Crippen LogP contribution is -2.60. The Morgan fingerprint density at radius 2 is 1.83 bits per heavy atom. The Balaban J connectivity index is 1.79. The summed E-state index contributed by atoms with van der Waals surface area (Å²) in [4.78, 5) is 48.5. The van der Waals surface area contributed by atoms with E-state index >= 15 is 0 Å². The number of hydrogen-bond acceptors (Lipinski definition) is 6. The van der Waals surface area contributed by atoms with Gasteiger partial charge in [-0.25, -0.2) is 0 Å².